The molecule has 0 bridgehead atoms. The van der Waals surface area contributed by atoms with Crippen molar-refractivity contribution in [3.05, 3.63) is 46.8 Å². The highest BCUT2D eigenvalue weighted by molar-refractivity contribution is 9.10. The molecule has 0 amide bonds. The molecule has 1 heterocycles. The fraction of sp³-hybridized carbons (Fsp3) is 0.0909. The summed E-state index contributed by atoms with van der Waals surface area (Å²) in [5.41, 5.74) is 3.60. The maximum absolute atomic E-state index is 5.19. The molecule has 0 saturated carbocycles. The molecule has 0 aliphatic heterocycles. The fourth-order valence-electron chi connectivity index (χ4n) is 1.35. The molecule has 0 radical (unpaired) electrons. The second-order valence-corrected chi connectivity index (χ2v) is 3.74. The van der Waals surface area contributed by atoms with Crippen molar-refractivity contribution >= 4 is 15.9 Å². The first-order valence-electron chi connectivity index (χ1n) is 4.07. The van der Waals surface area contributed by atoms with E-state index in [1.807, 2.05) is 18.2 Å². The van der Waals surface area contributed by atoms with Crippen molar-refractivity contribution in [1.29, 1.82) is 0 Å². The molecule has 2 aromatic rings. The van der Waals surface area contributed by atoms with Crippen LogP contribution in [-0.4, -0.2) is 0 Å². The van der Waals surface area contributed by atoms with Gasteiger partial charge in [0.1, 0.15) is 0 Å². The first-order valence-corrected chi connectivity index (χ1v) is 4.87. The highest BCUT2D eigenvalue weighted by Crippen LogP contribution is 2.27. The number of furan rings is 1. The Labute approximate surface area is 85.5 Å². The molecule has 1 nitrogen and oxygen atoms in total. The minimum Gasteiger partial charge on any atom is -0.457 e. The standard InChI is InChI=1S/C11H9BrO/c1-8-4-2-3-5-10(8)9-6-11(12)13-7-9/h2-7H,1H3. The van der Waals surface area contributed by atoms with Crippen LogP contribution in [0.4, 0.5) is 0 Å². The van der Waals surface area contributed by atoms with E-state index in [1.165, 1.54) is 11.1 Å². The van der Waals surface area contributed by atoms with Gasteiger partial charge >= 0.3 is 0 Å². The Morgan fingerprint density at radius 1 is 1.23 bits per heavy atom. The second kappa shape index (κ2) is 3.38. The monoisotopic (exact) mass is 236 g/mol. The largest absolute Gasteiger partial charge is 0.457 e. The lowest BCUT2D eigenvalue weighted by Crippen LogP contribution is -1.78. The third kappa shape index (κ3) is 1.68. The first kappa shape index (κ1) is 8.57. The molecular formula is C11H9BrO. The predicted molar refractivity (Wildman–Crippen MR) is 56.6 cm³/mol. The molecule has 66 valence electrons. The van der Waals surface area contributed by atoms with Crippen LogP contribution in [0.25, 0.3) is 11.1 Å². The van der Waals surface area contributed by atoms with Crippen LogP contribution in [0, 0.1) is 6.92 Å². The van der Waals surface area contributed by atoms with Gasteiger partial charge in [-0.05, 0) is 40.0 Å². The zero-order valence-electron chi connectivity index (χ0n) is 7.25. The number of rotatable bonds is 1. The number of aryl methyl sites for hydroxylation is 1. The predicted octanol–water partition coefficient (Wildman–Crippen LogP) is 4.02. The minimum absolute atomic E-state index is 0.769. The smallest absolute Gasteiger partial charge is 0.169 e. The summed E-state index contributed by atoms with van der Waals surface area (Å²) in [6, 6.07) is 10.2. The van der Waals surface area contributed by atoms with Gasteiger partial charge in [-0.1, -0.05) is 24.3 Å². The molecule has 0 aliphatic carbocycles. The molecule has 2 heteroatoms. The molecule has 0 spiro atoms. The molecule has 0 fully saturated rings. The molecule has 0 unspecified atom stereocenters. The van der Waals surface area contributed by atoms with Crippen molar-refractivity contribution in [3.63, 3.8) is 0 Å². The lowest BCUT2D eigenvalue weighted by Gasteiger charge is -2.00. The van der Waals surface area contributed by atoms with E-state index in [4.69, 9.17) is 4.42 Å². The summed E-state index contributed by atoms with van der Waals surface area (Å²) >= 11 is 3.29. The van der Waals surface area contributed by atoms with Crippen molar-refractivity contribution < 1.29 is 4.42 Å². The van der Waals surface area contributed by atoms with Gasteiger partial charge in [0.15, 0.2) is 4.67 Å². The van der Waals surface area contributed by atoms with Crippen LogP contribution in [0.2, 0.25) is 0 Å². The average molecular weight is 237 g/mol. The third-order valence-electron chi connectivity index (χ3n) is 2.02. The molecule has 2 rings (SSSR count). The normalized spacial score (nSPS) is 10.3. The van der Waals surface area contributed by atoms with Crippen LogP contribution in [0.1, 0.15) is 5.56 Å². The van der Waals surface area contributed by atoms with Crippen molar-refractivity contribution in [2.75, 3.05) is 0 Å². The summed E-state index contributed by atoms with van der Waals surface area (Å²) < 4.78 is 5.96. The topological polar surface area (TPSA) is 13.1 Å². The summed E-state index contributed by atoms with van der Waals surface area (Å²) in [7, 11) is 0. The van der Waals surface area contributed by atoms with Crippen LogP contribution in [-0.2, 0) is 0 Å². The molecule has 0 atom stereocenters. The van der Waals surface area contributed by atoms with Crippen molar-refractivity contribution in [3.8, 4) is 11.1 Å². The molecule has 13 heavy (non-hydrogen) atoms. The number of halogens is 1. The number of hydrogen-bond donors (Lipinski definition) is 0. The van der Waals surface area contributed by atoms with Gasteiger partial charge in [0.25, 0.3) is 0 Å². The van der Waals surface area contributed by atoms with Gasteiger partial charge in [0.05, 0.1) is 6.26 Å². The van der Waals surface area contributed by atoms with E-state index in [0.717, 1.165) is 10.2 Å². The zero-order valence-corrected chi connectivity index (χ0v) is 8.84. The summed E-state index contributed by atoms with van der Waals surface area (Å²) in [6.07, 6.45) is 1.76. The minimum atomic E-state index is 0.769. The van der Waals surface area contributed by atoms with E-state index in [1.54, 1.807) is 6.26 Å². The SMILES string of the molecule is Cc1ccccc1-c1coc(Br)c1. The fourth-order valence-corrected chi connectivity index (χ4v) is 1.69. The number of benzene rings is 1. The summed E-state index contributed by atoms with van der Waals surface area (Å²) in [6.45, 7) is 2.09. The van der Waals surface area contributed by atoms with E-state index in [-0.39, 0.29) is 0 Å². The van der Waals surface area contributed by atoms with Gasteiger partial charge in [-0.15, -0.1) is 0 Å². The molecule has 1 aromatic carbocycles. The zero-order chi connectivity index (χ0) is 9.26. The van der Waals surface area contributed by atoms with Gasteiger partial charge < -0.3 is 4.42 Å². The van der Waals surface area contributed by atoms with Gasteiger partial charge in [-0.25, -0.2) is 0 Å². The molecule has 1 aromatic heterocycles. The lowest BCUT2D eigenvalue weighted by atomic mass is 10.0. The summed E-state index contributed by atoms with van der Waals surface area (Å²) in [4.78, 5) is 0. The van der Waals surface area contributed by atoms with Gasteiger partial charge in [-0.2, -0.15) is 0 Å². The Kier molecular flexibility index (Phi) is 2.23. The van der Waals surface area contributed by atoms with Crippen LogP contribution in [0.5, 0.6) is 0 Å². The van der Waals surface area contributed by atoms with Gasteiger partial charge in [0.2, 0.25) is 0 Å². The second-order valence-electron chi connectivity index (χ2n) is 2.95. The Morgan fingerprint density at radius 3 is 2.62 bits per heavy atom. The first-order chi connectivity index (χ1) is 6.27. The molecule has 0 N–H and O–H groups in total. The summed E-state index contributed by atoms with van der Waals surface area (Å²) in [5.74, 6) is 0. The summed E-state index contributed by atoms with van der Waals surface area (Å²) in [5, 5.41) is 0. The average Bonchev–Trinajstić information content (AvgIpc) is 2.53. The quantitative estimate of drug-likeness (QED) is 0.730. The van der Waals surface area contributed by atoms with E-state index in [2.05, 4.69) is 35.0 Å². The maximum Gasteiger partial charge on any atom is 0.169 e. The third-order valence-corrected chi connectivity index (χ3v) is 2.44. The van der Waals surface area contributed by atoms with Crippen LogP contribution in [0.3, 0.4) is 0 Å². The van der Waals surface area contributed by atoms with Gasteiger partial charge in [-0.3, -0.25) is 0 Å². The van der Waals surface area contributed by atoms with Crippen LogP contribution >= 0.6 is 15.9 Å². The van der Waals surface area contributed by atoms with E-state index in [0.29, 0.717) is 0 Å². The van der Waals surface area contributed by atoms with E-state index >= 15 is 0 Å². The lowest BCUT2D eigenvalue weighted by molar-refractivity contribution is 0.542. The Bertz CT molecular complexity index is 418. The van der Waals surface area contributed by atoms with Crippen molar-refractivity contribution in [2.24, 2.45) is 0 Å². The maximum atomic E-state index is 5.19. The highest BCUT2D eigenvalue weighted by atomic mass is 79.9. The van der Waals surface area contributed by atoms with Gasteiger partial charge in [0, 0.05) is 5.56 Å². The van der Waals surface area contributed by atoms with Crippen molar-refractivity contribution in [2.45, 2.75) is 6.92 Å². The van der Waals surface area contributed by atoms with Crippen LogP contribution in [0.15, 0.2) is 45.7 Å². The number of hydrogen-bond acceptors (Lipinski definition) is 1. The molecule has 0 saturated heterocycles. The Hall–Kier alpha value is -1.02. The van der Waals surface area contributed by atoms with Crippen molar-refractivity contribution in [1.82, 2.24) is 0 Å². The van der Waals surface area contributed by atoms with Crippen LogP contribution < -0.4 is 0 Å². The Balaban J connectivity index is 2.52. The molecule has 0 aliphatic rings. The molecular weight excluding hydrogens is 228 g/mol. The van der Waals surface area contributed by atoms with E-state index < -0.39 is 0 Å². The highest BCUT2D eigenvalue weighted by Gasteiger charge is 2.03. The Morgan fingerprint density at radius 2 is 2.00 bits per heavy atom. The van der Waals surface area contributed by atoms with E-state index in [9.17, 15) is 0 Å².